The van der Waals surface area contributed by atoms with E-state index in [1.54, 1.807) is 35.6 Å². The molecule has 5 nitrogen and oxygen atoms in total. The summed E-state index contributed by atoms with van der Waals surface area (Å²) in [7, 11) is 0. The lowest BCUT2D eigenvalue weighted by molar-refractivity contribution is -0.115. The van der Waals surface area contributed by atoms with E-state index >= 15 is 0 Å². The third-order valence-corrected chi connectivity index (χ3v) is 4.75. The highest BCUT2D eigenvalue weighted by Crippen LogP contribution is 2.17. The second kappa shape index (κ2) is 8.08. The van der Waals surface area contributed by atoms with Crippen molar-refractivity contribution in [2.24, 2.45) is 0 Å². The largest absolute Gasteiger partial charge is 0.376 e. The van der Waals surface area contributed by atoms with Gasteiger partial charge in [-0.1, -0.05) is 18.2 Å². The van der Waals surface area contributed by atoms with E-state index in [4.69, 9.17) is 4.74 Å². The van der Waals surface area contributed by atoms with Gasteiger partial charge in [0.2, 0.25) is 5.91 Å². The van der Waals surface area contributed by atoms with Crippen molar-refractivity contribution >= 4 is 28.8 Å². The number of hydrogen-bond donors (Lipinski definition) is 2. The van der Waals surface area contributed by atoms with E-state index in [9.17, 15) is 9.59 Å². The highest BCUT2D eigenvalue weighted by molar-refractivity contribution is 7.10. The van der Waals surface area contributed by atoms with Crippen LogP contribution in [0.25, 0.3) is 0 Å². The Labute approximate surface area is 145 Å². The van der Waals surface area contributed by atoms with Crippen molar-refractivity contribution in [1.82, 2.24) is 5.32 Å². The van der Waals surface area contributed by atoms with Gasteiger partial charge in [-0.05, 0) is 36.4 Å². The molecule has 1 saturated heterocycles. The summed E-state index contributed by atoms with van der Waals surface area (Å²) in [6.07, 6.45) is 2.41. The van der Waals surface area contributed by atoms with E-state index in [2.05, 4.69) is 10.6 Å². The molecule has 0 bridgehead atoms. The average molecular weight is 344 g/mol. The van der Waals surface area contributed by atoms with Crippen LogP contribution in [0.5, 0.6) is 0 Å². The predicted molar refractivity (Wildman–Crippen MR) is 94.4 cm³/mol. The van der Waals surface area contributed by atoms with Gasteiger partial charge < -0.3 is 15.4 Å². The summed E-state index contributed by atoms with van der Waals surface area (Å²) in [6, 6.07) is 10.9. The van der Waals surface area contributed by atoms with Crippen LogP contribution in [0.3, 0.4) is 0 Å². The van der Waals surface area contributed by atoms with Gasteiger partial charge in [-0.25, -0.2) is 0 Å². The Balaban J connectivity index is 1.61. The second-order valence-corrected chi connectivity index (χ2v) is 6.73. The summed E-state index contributed by atoms with van der Waals surface area (Å²) in [5, 5.41) is 7.66. The van der Waals surface area contributed by atoms with Crippen LogP contribution < -0.4 is 10.6 Å². The van der Waals surface area contributed by atoms with E-state index in [0.717, 1.165) is 24.3 Å². The van der Waals surface area contributed by atoms with Crippen LogP contribution in [0.4, 0.5) is 5.69 Å². The van der Waals surface area contributed by atoms with Gasteiger partial charge >= 0.3 is 0 Å². The highest BCUT2D eigenvalue weighted by atomic mass is 32.1. The molecule has 1 atom stereocenters. The van der Waals surface area contributed by atoms with Gasteiger partial charge in [0.15, 0.2) is 0 Å². The fourth-order valence-electron chi connectivity index (χ4n) is 2.66. The molecule has 1 aromatic carbocycles. The Kier molecular flexibility index (Phi) is 5.61. The topological polar surface area (TPSA) is 67.4 Å². The molecule has 2 aromatic rings. The third-order valence-electron chi connectivity index (χ3n) is 3.87. The lowest BCUT2D eigenvalue weighted by Gasteiger charge is -2.13. The van der Waals surface area contributed by atoms with Crippen LogP contribution in [-0.4, -0.2) is 31.1 Å². The minimum Gasteiger partial charge on any atom is -0.376 e. The number of carbonyl (C=O) groups is 2. The van der Waals surface area contributed by atoms with Gasteiger partial charge in [0, 0.05) is 18.0 Å². The van der Waals surface area contributed by atoms with E-state index < -0.39 is 0 Å². The lowest BCUT2D eigenvalue weighted by Crippen LogP contribution is -2.32. The van der Waals surface area contributed by atoms with Crippen molar-refractivity contribution < 1.29 is 14.3 Å². The molecule has 0 saturated carbocycles. The van der Waals surface area contributed by atoms with Crippen molar-refractivity contribution in [3.63, 3.8) is 0 Å². The maximum Gasteiger partial charge on any atom is 0.253 e. The molecule has 0 aliphatic carbocycles. The lowest BCUT2D eigenvalue weighted by atomic mass is 10.1. The summed E-state index contributed by atoms with van der Waals surface area (Å²) in [5.41, 5.74) is 0.999. The molecule has 0 unspecified atom stereocenters. The molecule has 2 N–H and O–H groups in total. The van der Waals surface area contributed by atoms with Crippen molar-refractivity contribution in [2.75, 3.05) is 18.5 Å². The van der Waals surface area contributed by atoms with Gasteiger partial charge in [-0.3, -0.25) is 9.59 Å². The molecule has 2 heterocycles. The summed E-state index contributed by atoms with van der Waals surface area (Å²) in [4.78, 5) is 25.6. The Morgan fingerprint density at radius 3 is 2.83 bits per heavy atom. The van der Waals surface area contributed by atoms with Crippen LogP contribution in [0.2, 0.25) is 0 Å². The molecule has 0 spiro atoms. The standard InChI is InChI=1S/C18H20N2O3S/c21-17(11-14-6-4-10-24-14)20-16-8-2-1-7-15(16)18(22)19-12-13-5-3-9-23-13/h1-2,4,6-8,10,13H,3,5,9,11-12H2,(H,19,22)(H,20,21)/t13-/m0/s1. The van der Waals surface area contributed by atoms with E-state index in [1.165, 1.54) is 0 Å². The fourth-order valence-corrected chi connectivity index (χ4v) is 3.37. The number of rotatable bonds is 6. The number of anilines is 1. The van der Waals surface area contributed by atoms with Crippen LogP contribution in [0, 0.1) is 0 Å². The van der Waals surface area contributed by atoms with Gasteiger partial charge in [0.05, 0.1) is 23.8 Å². The van der Waals surface area contributed by atoms with Crippen LogP contribution in [0.15, 0.2) is 41.8 Å². The molecule has 1 aliphatic rings. The SMILES string of the molecule is O=C(Cc1cccs1)Nc1ccccc1C(=O)NC[C@@H]1CCCO1. The summed E-state index contributed by atoms with van der Waals surface area (Å²) in [6.45, 7) is 1.26. The maximum atomic E-state index is 12.4. The van der Waals surface area contributed by atoms with Gasteiger partial charge in [0.1, 0.15) is 0 Å². The molecular formula is C18H20N2O3S. The Morgan fingerprint density at radius 1 is 1.21 bits per heavy atom. The number of thiophene rings is 1. The molecule has 1 fully saturated rings. The molecule has 126 valence electrons. The highest BCUT2D eigenvalue weighted by Gasteiger charge is 2.18. The van der Waals surface area contributed by atoms with Gasteiger partial charge in [0.25, 0.3) is 5.91 Å². The Bertz CT molecular complexity index is 694. The second-order valence-electron chi connectivity index (χ2n) is 5.69. The van der Waals surface area contributed by atoms with Crippen LogP contribution in [0.1, 0.15) is 28.1 Å². The van der Waals surface area contributed by atoms with Crippen molar-refractivity contribution in [1.29, 1.82) is 0 Å². The number of ether oxygens (including phenoxy) is 1. The zero-order valence-electron chi connectivity index (χ0n) is 13.3. The third kappa shape index (κ3) is 4.43. The molecule has 24 heavy (non-hydrogen) atoms. The minimum atomic E-state index is -0.197. The van der Waals surface area contributed by atoms with Crippen molar-refractivity contribution in [2.45, 2.75) is 25.4 Å². The molecule has 1 aromatic heterocycles. The first-order valence-electron chi connectivity index (χ1n) is 8.03. The van der Waals surface area contributed by atoms with Crippen molar-refractivity contribution in [3.05, 3.63) is 52.2 Å². The zero-order chi connectivity index (χ0) is 16.8. The first kappa shape index (κ1) is 16.7. The van der Waals surface area contributed by atoms with Gasteiger partial charge in [-0.15, -0.1) is 11.3 Å². The molecule has 1 aliphatic heterocycles. The Hall–Kier alpha value is -2.18. The average Bonchev–Trinajstić information content (AvgIpc) is 3.26. The van der Waals surface area contributed by atoms with E-state index in [0.29, 0.717) is 24.2 Å². The Morgan fingerprint density at radius 2 is 2.08 bits per heavy atom. The molecule has 6 heteroatoms. The fraction of sp³-hybridized carbons (Fsp3) is 0.333. The molecule has 0 radical (unpaired) electrons. The quantitative estimate of drug-likeness (QED) is 0.847. The summed E-state index contributed by atoms with van der Waals surface area (Å²) in [5.74, 6) is -0.325. The van der Waals surface area contributed by atoms with E-state index in [1.807, 2.05) is 17.5 Å². The number of nitrogens with one attached hydrogen (secondary N) is 2. The molecular weight excluding hydrogens is 324 g/mol. The number of benzene rings is 1. The predicted octanol–water partition coefficient (Wildman–Crippen LogP) is 2.84. The van der Waals surface area contributed by atoms with Crippen LogP contribution >= 0.6 is 11.3 Å². The zero-order valence-corrected chi connectivity index (χ0v) is 14.1. The molecule has 3 rings (SSSR count). The first-order chi connectivity index (χ1) is 11.7. The normalized spacial score (nSPS) is 16.8. The van der Waals surface area contributed by atoms with Crippen molar-refractivity contribution in [3.8, 4) is 0 Å². The number of amides is 2. The minimum absolute atomic E-state index is 0.0922. The monoisotopic (exact) mass is 344 g/mol. The number of hydrogen-bond acceptors (Lipinski definition) is 4. The first-order valence-corrected chi connectivity index (χ1v) is 8.91. The summed E-state index contributed by atoms with van der Waals surface area (Å²) >= 11 is 1.54. The van der Waals surface area contributed by atoms with Gasteiger partial charge in [-0.2, -0.15) is 0 Å². The number of carbonyl (C=O) groups excluding carboxylic acids is 2. The maximum absolute atomic E-state index is 12.4. The van der Waals surface area contributed by atoms with E-state index in [-0.39, 0.29) is 17.9 Å². The summed E-state index contributed by atoms with van der Waals surface area (Å²) < 4.78 is 5.51. The molecule has 2 amide bonds. The number of para-hydroxylation sites is 1. The van der Waals surface area contributed by atoms with Crippen LogP contribution in [-0.2, 0) is 16.0 Å². The smallest absolute Gasteiger partial charge is 0.253 e.